The molecule has 2 aromatic carbocycles. The molecule has 7 nitrogen and oxygen atoms in total. The van der Waals surface area contributed by atoms with Crippen molar-refractivity contribution < 1.29 is 0 Å². The summed E-state index contributed by atoms with van der Waals surface area (Å²) >= 11 is 6.32. The van der Waals surface area contributed by atoms with Gasteiger partial charge in [-0.3, -0.25) is 4.40 Å². The van der Waals surface area contributed by atoms with Gasteiger partial charge < -0.3 is 15.6 Å². The van der Waals surface area contributed by atoms with Crippen molar-refractivity contribution in [2.45, 2.75) is 6.42 Å². The minimum absolute atomic E-state index is 0.621. The van der Waals surface area contributed by atoms with E-state index in [0.29, 0.717) is 10.8 Å². The molecule has 3 aromatic heterocycles. The summed E-state index contributed by atoms with van der Waals surface area (Å²) in [5.41, 5.74) is 5.01. The van der Waals surface area contributed by atoms with Crippen LogP contribution in [-0.4, -0.2) is 30.9 Å². The fraction of sp³-hybridized carbons (Fsp3) is 0.0870. The van der Waals surface area contributed by atoms with Crippen LogP contribution in [0.5, 0.6) is 0 Å². The molecule has 5 rings (SSSR count). The third-order valence-corrected chi connectivity index (χ3v) is 5.26. The first kappa shape index (κ1) is 19.1. The molecule has 0 saturated heterocycles. The van der Waals surface area contributed by atoms with Crippen LogP contribution >= 0.6 is 11.6 Å². The quantitative estimate of drug-likeness (QED) is 0.332. The molecule has 8 heteroatoms. The maximum atomic E-state index is 6.32. The number of nitrogens with zero attached hydrogens (tertiary/aromatic N) is 4. The van der Waals surface area contributed by atoms with Crippen molar-refractivity contribution >= 4 is 34.6 Å². The van der Waals surface area contributed by atoms with Gasteiger partial charge in [-0.25, -0.2) is 9.97 Å². The first-order valence-corrected chi connectivity index (χ1v) is 10.3. The van der Waals surface area contributed by atoms with E-state index >= 15 is 0 Å². The lowest BCUT2D eigenvalue weighted by atomic mass is 10.1. The Kier molecular flexibility index (Phi) is 5.24. The van der Waals surface area contributed by atoms with Crippen LogP contribution in [0, 0.1) is 0 Å². The van der Waals surface area contributed by atoms with Gasteiger partial charge in [-0.1, -0.05) is 29.8 Å². The Hall–Kier alpha value is -3.84. The minimum atomic E-state index is 0.621. The molecule has 0 spiro atoms. The standard InChI is InChI=1S/C23H20ClN7/c24-21-4-2-1-3-20(21)16-11-27-23-30-22(14-31(23)13-16)29-18-7-5-17(6-8-18)26-10-9-19-12-25-15-28-19/h1-8,11-15,26,29H,9-10H2,(H,25,28). The van der Waals surface area contributed by atoms with Gasteiger partial charge in [-0.2, -0.15) is 4.98 Å². The number of fused-ring (bicyclic) bond motifs is 1. The Labute approximate surface area is 184 Å². The van der Waals surface area contributed by atoms with Gasteiger partial charge in [0.25, 0.3) is 0 Å². The number of hydrogen-bond acceptors (Lipinski definition) is 5. The van der Waals surface area contributed by atoms with E-state index in [-0.39, 0.29) is 0 Å². The number of nitrogens with one attached hydrogen (secondary N) is 3. The number of aromatic nitrogens is 5. The summed E-state index contributed by atoms with van der Waals surface area (Å²) in [6, 6.07) is 15.8. The molecule has 0 aliphatic heterocycles. The Balaban J connectivity index is 1.26. The molecule has 0 bridgehead atoms. The number of rotatable bonds is 7. The molecule has 5 aromatic rings. The highest BCUT2D eigenvalue weighted by atomic mass is 35.5. The fourth-order valence-corrected chi connectivity index (χ4v) is 3.61. The fourth-order valence-electron chi connectivity index (χ4n) is 3.36. The molecule has 0 atom stereocenters. The van der Waals surface area contributed by atoms with Gasteiger partial charge in [0, 0.05) is 64.8 Å². The van der Waals surface area contributed by atoms with Crippen molar-refractivity contribution in [1.82, 2.24) is 24.3 Å². The molecule has 154 valence electrons. The van der Waals surface area contributed by atoms with Crippen LogP contribution in [0.1, 0.15) is 5.69 Å². The predicted molar refractivity (Wildman–Crippen MR) is 124 cm³/mol. The summed E-state index contributed by atoms with van der Waals surface area (Å²) in [5.74, 6) is 1.35. The van der Waals surface area contributed by atoms with Gasteiger partial charge in [-0.05, 0) is 30.3 Å². The highest BCUT2D eigenvalue weighted by Gasteiger charge is 2.08. The lowest BCUT2D eigenvalue weighted by Crippen LogP contribution is -2.04. The largest absolute Gasteiger partial charge is 0.385 e. The van der Waals surface area contributed by atoms with E-state index in [1.165, 1.54) is 0 Å². The van der Waals surface area contributed by atoms with Gasteiger partial charge in [-0.15, -0.1) is 0 Å². The molecule has 0 aliphatic rings. The van der Waals surface area contributed by atoms with E-state index in [1.54, 1.807) is 12.5 Å². The number of halogens is 1. The molecule has 0 saturated carbocycles. The van der Waals surface area contributed by atoms with Crippen LogP contribution < -0.4 is 10.6 Å². The van der Waals surface area contributed by atoms with Crippen molar-refractivity contribution in [3.8, 4) is 11.1 Å². The zero-order valence-electron chi connectivity index (χ0n) is 16.6. The van der Waals surface area contributed by atoms with Gasteiger partial charge in [0.15, 0.2) is 5.82 Å². The van der Waals surface area contributed by atoms with Crippen LogP contribution in [0.25, 0.3) is 16.9 Å². The van der Waals surface area contributed by atoms with Gasteiger partial charge in [0.05, 0.1) is 12.5 Å². The summed E-state index contributed by atoms with van der Waals surface area (Å²) < 4.78 is 1.90. The summed E-state index contributed by atoms with van der Waals surface area (Å²) in [6.45, 7) is 0.834. The predicted octanol–water partition coefficient (Wildman–Crippen LogP) is 5.17. The maximum absolute atomic E-state index is 6.32. The SMILES string of the molecule is Clc1ccccc1-c1cnc2nc(Nc3ccc(NCCc4cnc[nH]4)cc3)cn2c1. The van der Waals surface area contributed by atoms with Crippen LogP contribution in [0.4, 0.5) is 17.2 Å². The summed E-state index contributed by atoms with van der Waals surface area (Å²) in [4.78, 5) is 16.1. The third kappa shape index (κ3) is 4.36. The normalized spacial score (nSPS) is 11.0. The number of imidazole rings is 2. The Morgan fingerprint density at radius 3 is 2.61 bits per heavy atom. The second-order valence-electron chi connectivity index (χ2n) is 7.11. The molecule has 31 heavy (non-hydrogen) atoms. The summed E-state index contributed by atoms with van der Waals surface area (Å²) in [5, 5.41) is 7.43. The number of aromatic amines is 1. The van der Waals surface area contributed by atoms with Crippen LogP contribution in [0.2, 0.25) is 5.02 Å². The second kappa shape index (κ2) is 8.49. The van der Waals surface area contributed by atoms with Crippen LogP contribution in [0.3, 0.4) is 0 Å². The molecular weight excluding hydrogens is 410 g/mol. The topological polar surface area (TPSA) is 82.9 Å². The zero-order chi connectivity index (χ0) is 21.0. The minimum Gasteiger partial charge on any atom is -0.385 e. The summed E-state index contributed by atoms with van der Waals surface area (Å²) in [6.07, 6.45) is 10.1. The van der Waals surface area contributed by atoms with Gasteiger partial charge in [0.1, 0.15) is 0 Å². The average Bonchev–Trinajstić information content (AvgIpc) is 3.44. The van der Waals surface area contributed by atoms with Crippen LogP contribution in [0.15, 0.2) is 79.6 Å². The van der Waals surface area contributed by atoms with Crippen molar-refractivity contribution in [2.75, 3.05) is 17.2 Å². The smallest absolute Gasteiger partial charge is 0.235 e. The highest BCUT2D eigenvalue weighted by molar-refractivity contribution is 6.33. The molecule has 0 amide bonds. The second-order valence-corrected chi connectivity index (χ2v) is 7.52. The highest BCUT2D eigenvalue weighted by Crippen LogP contribution is 2.27. The molecule has 0 aliphatic carbocycles. The lowest BCUT2D eigenvalue weighted by molar-refractivity contribution is 0.977. The van der Waals surface area contributed by atoms with Crippen molar-refractivity contribution in [1.29, 1.82) is 0 Å². The third-order valence-electron chi connectivity index (χ3n) is 4.93. The summed E-state index contributed by atoms with van der Waals surface area (Å²) in [7, 11) is 0. The molecule has 3 N–H and O–H groups in total. The number of hydrogen-bond donors (Lipinski definition) is 3. The average molecular weight is 430 g/mol. The van der Waals surface area contributed by atoms with E-state index in [1.807, 2.05) is 71.5 Å². The van der Waals surface area contributed by atoms with E-state index in [0.717, 1.165) is 47.0 Å². The maximum Gasteiger partial charge on any atom is 0.235 e. The van der Waals surface area contributed by atoms with Gasteiger partial charge >= 0.3 is 0 Å². The number of benzene rings is 2. The molecule has 0 fully saturated rings. The van der Waals surface area contributed by atoms with E-state index in [9.17, 15) is 0 Å². The number of H-pyrrole nitrogens is 1. The number of anilines is 3. The first-order chi connectivity index (χ1) is 15.2. The molecular formula is C23H20ClN7. The Bertz CT molecular complexity index is 1290. The Morgan fingerprint density at radius 1 is 0.968 bits per heavy atom. The van der Waals surface area contributed by atoms with Crippen molar-refractivity contribution in [3.63, 3.8) is 0 Å². The molecule has 0 unspecified atom stereocenters. The van der Waals surface area contributed by atoms with Gasteiger partial charge in [0.2, 0.25) is 5.78 Å². The van der Waals surface area contributed by atoms with Crippen molar-refractivity contribution in [2.24, 2.45) is 0 Å². The van der Waals surface area contributed by atoms with Crippen LogP contribution in [-0.2, 0) is 6.42 Å². The zero-order valence-corrected chi connectivity index (χ0v) is 17.3. The van der Waals surface area contributed by atoms with E-state index in [2.05, 4.69) is 30.6 Å². The molecule has 3 heterocycles. The van der Waals surface area contributed by atoms with Crippen molar-refractivity contribution in [3.05, 3.63) is 90.4 Å². The lowest BCUT2D eigenvalue weighted by Gasteiger charge is -2.07. The molecule has 0 radical (unpaired) electrons. The monoisotopic (exact) mass is 429 g/mol. The van der Waals surface area contributed by atoms with E-state index < -0.39 is 0 Å². The first-order valence-electron chi connectivity index (χ1n) is 9.92. The van der Waals surface area contributed by atoms with E-state index in [4.69, 9.17) is 11.6 Å². The Morgan fingerprint density at radius 2 is 1.81 bits per heavy atom.